The van der Waals surface area contributed by atoms with Crippen LogP contribution in [0.3, 0.4) is 0 Å². The SMILES string of the molecule is CC(O)c1ccc2c(c1)c(CC(=O)O)c(COc1ccccc1)n2C(=O)c1ccc(Cl)cc1. The van der Waals surface area contributed by atoms with Crippen LogP contribution in [0.2, 0.25) is 5.02 Å². The number of halogens is 1. The summed E-state index contributed by atoms with van der Waals surface area (Å²) in [7, 11) is 0. The largest absolute Gasteiger partial charge is 0.487 e. The lowest BCUT2D eigenvalue weighted by molar-refractivity contribution is -0.136. The fraction of sp³-hybridized carbons (Fsp3) is 0.154. The molecule has 0 bridgehead atoms. The highest BCUT2D eigenvalue weighted by Crippen LogP contribution is 2.31. The molecule has 0 saturated heterocycles. The molecule has 33 heavy (non-hydrogen) atoms. The third kappa shape index (κ3) is 4.77. The van der Waals surface area contributed by atoms with Crippen LogP contribution in [0.1, 0.15) is 40.2 Å². The molecule has 1 unspecified atom stereocenters. The van der Waals surface area contributed by atoms with Crippen LogP contribution in [0, 0.1) is 0 Å². The number of ether oxygens (including phenoxy) is 1. The number of carboxylic acids is 1. The van der Waals surface area contributed by atoms with Crippen molar-refractivity contribution in [2.75, 3.05) is 0 Å². The van der Waals surface area contributed by atoms with Gasteiger partial charge in [-0.2, -0.15) is 0 Å². The molecule has 4 rings (SSSR count). The minimum atomic E-state index is -1.03. The summed E-state index contributed by atoms with van der Waals surface area (Å²) >= 11 is 5.99. The highest BCUT2D eigenvalue weighted by Gasteiger charge is 2.25. The number of nitrogens with zero attached hydrogens (tertiary/aromatic N) is 1. The van der Waals surface area contributed by atoms with Crippen molar-refractivity contribution < 1.29 is 24.5 Å². The fourth-order valence-corrected chi connectivity index (χ4v) is 3.93. The Kier molecular flexibility index (Phi) is 6.49. The average molecular weight is 464 g/mol. The first-order valence-corrected chi connectivity index (χ1v) is 10.8. The smallest absolute Gasteiger partial charge is 0.307 e. The predicted molar refractivity (Wildman–Crippen MR) is 126 cm³/mol. The van der Waals surface area contributed by atoms with Crippen LogP contribution in [-0.4, -0.2) is 26.7 Å². The second-order valence-electron chi connectivity index (χ2n) is 7.70. The van der Waals surface area contributed by atoms with Gasteiger partial charge in [0.1, 0.15) is 12.4 Å². The number of aromatic nitrogens is 1. The zero-order valence-electron chi connectivity index (χ0n) is 17.9. The summed E-state index contributed by atoms with van der Waals surface area (Å²) in [5, 5.41) is 20.8. The number of carbonyl (C=O) groups excluding carboxylic acids is 1. The monoisotopic (exact) mass is 463 g/mol. The van der Waals surface area contributed by atoms with E-state index in [1.165, 1.54) is 4.57 Å². The van der Waals surface area contributed by atoms with Crippen LogP contribution in [0.4, 0.5) is 0 Å². The van der Waals surface area contributed by atoms with Gasteiger partial charge in [0.25, 0.3) is 5.91 Å². The number of aliphatic hydroxyl groups excluding tert-OH is 1. The summed E-state index contributed by atoms with van der Waals surface area (Å²) in [4.78, 5) is 25.3. The number of hydrogen-bond donors (Lipinski definition) is 2. The molecule has 6 nitrogen and oxygen atoms in total. The van der Waals surface area contributed by atoms with E-state index in [1.54, 1.807) is 61.5 Å². The van der Waals surface area contributed by atoms with Crippen molar-refractivity contribution in [3.8, 4) is 5.75 Å². The third-order valence-electron chi connectivity index (χ3n) is 5.43. The third-order valence-corrected chi connectivity index (χ3v) is 5.68. The number of aliphatic hydroxyl groups is 1. The van der Waals surface area contributed by atoms with Gasteiger partial charge in [-0.05, 0) is 66.6 Å². The molecule has 1 atom stereocenters. The molecule has 2 N–H and O–H groups in total. The van der Waals surface area contributed by atoms with Gasteiger partial charge in [0, 0.05) is 16.0 Å². The molecule has 4 aromatic rings. The molecule has 0 radical (unpaired) electrons. The highest BCUT2D eigenvalue weighted by molar-refractivity contribution is 6.30. The molecular weight excluding hydrogens is 442 g/mol. The first-order valence-electron chi connectivity index (χ1n) is 10.4. The Morgan fingerprint density at radius 2 is 1.73 bits per heavy atom. The minimum absolute atomic E-state index is 0.00928. The van der Waals surface area contributed by atoms with Gasteiger partial charge in [-0.25, -0.2) is 0 Å². The summed E-state index contributed by atoms with van der Waals surface area (Å²) in [5.41, 5.74) is 2.49. The van der Waals surface area contributed by atoms with Gasteiger partial charge in [0.15, 0.2) is 0 Å². The van der Waals surface area contributed by atoms with Crippen molar-refractivity contribution in [2.45, 2.75) is 26.1 Å². The second kappa shape index (κ2) is 9.48. The minimum Gasteiger partial charge on any atom is -0.487 e. The Morgan fingerprint density at radius 3 is 2.36 bits per heavy atom. The molecule has 0 spiro atoms. The van der Waals surface area contributed by atoms with Crippen LogP contribution < -0.4 is 4.74 Å². The van der Waals surface area contributed by atoms with Crippen molar-refractivity contribution in [1.82, 2.24) is 4.57 Å². The Morgan fingerprint density at radius 1 is 1.03 bits per heavy atom. The number of fused-ring (bicyclic) bond motifs is 1. The zero-order chi connectivity index (χ0) is 23.5. The van der Waals surface area contributed by atoms with Gasteiger partial charge in [-0.15, -0.1) is 0 Å². The average Bonchev–Trinajstić information content (AvgIpc) is 3.10. The van der Waals surface area contributed by atoms with E-state index in [9.17, 15) is 19.8 Å². The van der Waals surface area contributed by atoms with Gasteiger partial charge < -0.3 is 14.9 Å². The van der Waals surface area contributed by atoms with Crippen molar-refractivity contribution >= 4 is 34.4 Å². The van der Waals surface area contributed by atoms with Crippen LogP contribution in [0.5, 0.6) is 5.75 Å². The van der Waals surface area contributed by atoms with Crippen molar-refractivity contribution in [3.05, 3.63) is 100 Å². The van der Waals surface area contributed by atoms with Gasteiger partial charge in [0.05, 0.1) is 23.7 Å². The van der Waals surface area contributed by atoms with Crippen molar-refractivity contribution in [1.29, 1.82) is 0 Å². The van der Waals surface area contributed by atoms with Gasteiger partial charge in [-0.3, -0.25) is 14.2 Å². The van der Waals surface area contributed by atoms with Crippen LogP contribution in [-0.2, 0) is 17.8 Å². The van der Waals surface area contributed by atoms with Crippen molar-refractivity contribution in [2.24, 2.45) is 0 Å². The quantitative estimate of drug-likeness (QED) is 0.391. The topological polar surface area (TPSA) is 88.8 Å². The number of hydrogen-bond acceptors (Lipinski definition) is 4. The molecule has 0 aliphatic carbocycles. The van der Waals surface area contributed by atoms with E-state index >= 15 is 0 Å². The van der Waals surface area contributed by atoms with Gasteiger partial charge in [0.2, 0.25) is 0 Å². The highest BCUT2D eigenvalue weighted by atomic mass is 35.5. The first kappa shape index (κ1) is 22.6. The molecule has 0 amide bonds. The van der Waals surface area contributed by atoms with E-state index in [-0.39, 0.29) is 18.9 Å². The number of aliphatic carboxylic acids is 1. The maximum absolute atomic E-state index is 13.6. The number of benzene rings is 3. The molecule has 0 aliphatic heterocycles. The molecule has 0 fully saturated rings. The predicted octanol–water partition coefficient (Wildman–Crippen LogP) is 5.24. The Labute approximate surface area is 195 Å². The van der Waals surface area contributed by atoms with Crippen LogP contribution >= 0.6 is 11.6 Å². The van der Waals surface area contributed by atoms with Crippen molar-refractivity contribution in [3.63, 3.8) is 0 Å². The lowest BCUT2D eigenvalue weighted by Crippen LogP contribution is -2.17. The molecule has 1 heterocycles. The number of carboxylic acid groups (broad SMARTS) is 1. The van der Waals surface area contributed by atoms with E-state index in [1.807, 2.05) is 18.2 Å². The van der Waals surface area contributed by atoms with E-state index in [2.05, 4.69) is 0 Å². The van der Waals surface area contributed by atoms with Gasteiger partial charge >= 0.3 is 5.97 Å². The standard InChI is InChI=1S/C26H22ClNO5/c1-16(29)18-9-12-23-21(13-18)22(14-25(30)31)24(15-33-20-5-3-2-4-6-20)28(23)26(32)17-7-10-19(27)11-8-17/h2-13,16,29H,14-15H2,1H3,(H,30,31). The molecule has 0 aliphatic rings. The van der Waals surface area contributed by atoms with E-state index < -0.39 is 12.1 Å². The number of para-hydroxylation sites is 1. The molecular formula is C26H22ClNO5. The number of carbonyl (C=O) groups is 2. The summed E-state index contributed by atoms with van der Waals surface area (Å²) < 4.78 is 7.42. The fourth-order valence-electron chi connectivity index (χ4n) is 3.81. The van der Waals surface area contributed by atoms with E-state index in [0.29, 0.717) is 44.1 Å². The summed E-state index contributed by atoms with van der Waals surface area (Å²) in [6.07, 6.45) is -1.04. The Hall–Kier alpha value is -3.61. The maximum atomic E-state index is 13.6. The summed E-state index contributed by atoms with van der Waals surface area (Å²) in [6.45, 7) is 1.62. The second-order valence-corrected chi connectivity index (χ2v) is 8.13. The van der Waals surface area contributed by atoms with Crippen LogP contribution in [0.15, 0.2) is 72.8 Å². The zero-order valence-corrected chi connectivity index (χ0v) is 18.6. The Balaban J connectivity index is 1.92. The maximum Gasteiger partial charge on any atom is 0.307 e. The van der Waals surface area contributed by atoms with Crippen LogP contribution in [0.25, 0.3) is 10.9 Å². The molecule has 7 heteroatoms. The molecule has 0 saturated carbocycles. The lowest BCUT2D eigenvalue weighted by atomic mass is 10.0. The van der Waals surface area contributed by atoms with E-state index in [0.717, 1.165) is 0 Å². The van der Waals surface area contributed by atoms with E-state index in [4.69, 9.17) is 16.3 Å². The van der Waals surface area contributed by atoms with Gasteiger partial charge in [-0.1, -0.05) is 35.9 Å². The lowest BCUT2D eigenvalue weighted by Gasteiger charge is -2.13. The first-order chi connectivity index (χ1) is 15.8. The molecule has 3 aromatic carbocycles. The summed E-state index contributed by atoms with van der Waals surface area (Å²) in [6, 6.07) is 20.8. The molecule has 1 aromatic heterocycles. The number of rotatable bonds is 7. The molecule has 168 valence electrons. The summed E-state index contributed by atoms with van der Waals surface area (Å²) in [5.74, 6) is -0.764. The normalized spacial score (nSPS) is 12.0. The Bertz CT molecular complexity index is 1310.